The highest BCUT2D eigenvalue weighted by atomic mass is 16.6. The highest BCUT2D eigenvalue weighted by Crippen LogP contribution is 2.19. The first-order valence-electron chi connectivity index (χ1n) is 9.34. The molecule has 2 aromatic rings. The largest absolute Gasteiger partial charge is 0.488 e. The molecule has 0 radical (unpaired) electrons. The number of esters is 1. The number of carbonyl (C=O) groups is 3. The first kappa shape index (κ1) is 21.3. The van der Waals surface area contributed by atoms with E-state index in [1.165, 1.54) is 24.3 Å². The van der Waals surface area contributed by atoms with Crippen LogP contribution in [0.25, 0.3) is 0 Å². The van der Waals surface area contributed by atoms with Gasteiger partial charge in [-0.3, -0.25) is 9.69 Å². The van der Waals surface area contributed by atoms with E-state index in [0.29, 0.717) is 11.2 Å². The van der Waals surface area contributed by atoms with Gasteiger partial charge >= 0.3 is 19.2 Å². The van der Waals surface area contributed by atoms with Crippen molar-refractivity contribution >= 4 is 36.2 Å². The molecule has 1 aliphatic heterocycles. The number of nitrogens with zero attached hydrogens (tertiary/aromatic N) is 1. The number of cyclic esters (lactones) is 1. The molecular weight excluding hydrogens is 391 g/mol. The zero-order valence-electron chi connectivity index (χ0n) is 16.1. The van der Waals surface area contributed by atoms with Gasteiger partial charge in [-0.2, -0.15) is 0 Å². The lowest BCUT2D eigenvalue weighted by Gasteiger charge is -2.19. The summed E-state index contributed by atoms with van der Waals surface area (Å²) in [4.78, 5) is 37.7. The second kappa shape index (κ2) is 9.90. The Morgan fingerprint density at radius 2 is 1.83 bits per heavy atom. The standard InChI is InChI=1S/C20H21BN2O7/c24-18(22-16-8-6-15(7-9-16)21(27)28)11-10-17-19(25)30-13-23(17)20(26)29-12-14-4-2-1-3-5-14/h1-9,17,27-28H,10-13H2,(H,22,24)/t17-/m0/s1. The van der Waals surface area contributed by atoms with Gasteiger partial charge in [0.05, 0.1) is 0 Å². The van der Waals surface area contributed by atoms with Crippen LogP contribution in [0.5, 0.6) is 0 Å². The van der Waals surface area contributed by atoms with Crippen molar-refractivity contribution in [1.29, 1.82) is 0 Å². The van der Waals surface area contributed by atoms with Crippen LogP contribution in [0.4, 0.5) is 10.5 Å². The van der Waals surface area contributed by atoms with Gasteiger partial charge < -0.3 is 24.8 Å². The Labute approximate surface area is 173 Å². The molecule has 1 heterocycles. The predicted molar refractivity (Wildman–Crippen MR) is 107 cm³/mol. The molecule has 0 bridgehead atoms. The summed E-state index contributed by atoms with van der Waals surface area (Å²) >= 11 is 0. The van der Waals surface area contributed by atoms with E-state index in [1.54, 1.807) is 0 Å². The molecule has 0 saturated carbocycles. The molecule has 1 saturated heterocycles. The number of amides is 2. The molecule has 30 heavy (non-hydrogen) atoms. The van der Waals surface area contributed by atoms with Crippen LogP contribution in [0.3, 0.4) is 0 Å². The minimum atomic E-state index is -1.59. The first-order valence-corrected chi connectivity index (χ1v) is 9.34. The molecule has 10 heteroatoms. The maximum atomic E-state index is 12.3. The smallest absolute Gasteiger partial charge is 0.444 e. The van der Waals surface area contributed by atoms with Gasteiger partial charge in [0.1, 0.15) is 12.6 Å². The Morgan fingerprint density at radius 3 is 2.50 bits per heavy atom. The summed E-state index contributed by atoms with van der Waals surface area (Å²) in [6, 6.07) is 14.2. The minimum Gasteiger partial charge on any atom is -0.444 e. The average molecular weight is 412 g/mol. The van der Waals surface area contributed by atoms with Crippen LogP contribution in [0.1, 0.15) is 18.4 Å². The van der Waals surface area contributed by atoms with Gasteiger partial charge in [-0.05, 0) is 29.6 Å². The van der Waals surface area contributed by atoms with E-state index >= 15 is 0 Å². The van der Waals surface area contributed by atoms with Gasteiger partial charge in [0, 0.05) is 12.1 Å². The van der Waals surface area contributed by atoms with Crippen molar-refractivity contribution < 1.29 is 33.9 Å². The number of carbonyl (C=O) groups excluding carboxylic acids is 3. The monoisotopic (exact) mass is 412 g/mol. The molecule has 0 aromatic heterocycles. The van der Waals surface area contributed by atoms with Gasteiger partial charge in [0.15, 0.2) is 6.73 Å². The topological polar surface area (TPSA) is 125 Å². The van der Waals surface area contributed by atoms with Crippen molar-refractivity contribution in [1.82, 2.24) is 4.90 Å². The summed E-state index contributed by atoms with van der Waals surface area (Å²) < 4.78 is 10.2. The number of anilines is 1. The van der Waals surface area contributed by atoms with Crippen LogP contribution in [0, 0.1) is 0 Å². The van der Waals surface area contributed by atoms with E-state index in [2.05, 4.69) is 5.32 Å². The number of hydrogen-bond donors (Lipinski definition) is 3. The second-order valence-corrected chi connectivity index (χ2v) is 6.70. The number of ether oxygens (including phenoxy) is 2. The van der Waals surface area contributed by atoms with Crippen LogP contribution < -0.4 is 10.8 Å². The Morgan fingerprint density at radius 1 is 1.13 bits per heavy atom. The fraction of sp³-hybridized carbons (Fsp3) is 0.250. The highest BCUT2D eigenvalue weighted by Gasteiger charge is 2.38. The number of hydrogen-bond acceptors (Lipinski definition) is 7. The first-order chi connectivity index (χ1) is 14.4. The molecule has 2 amide bonds. The normalized spacial score (nSPS) is 15.5. The molecule has 3 N–H and O–H groups in total. The Hall–Kier alpha value is -3.37. The van der Waals surface area contributed by atoms with Crippen LogP contribution in [0.2, 0.25) is 0 Å². The van der Waals surface area contributed by atoms with Crippen molar-refractivity contribution in [3.8, 4) is 0 Å². The molecule has 1 atom stereocenters. The van der Waals surface area contributed by atoms with Crippen LogP contribution in [-0.2, 0) is 25.7 Å². The lowest BCUT2D eigenvalue weighted by molar-refractivity contribution is -0.139. The molecule has 3 rings (SSSR count). The summed E-state index contributed by atoms with van der Waals surface area (Å²) in [5.74, 6) is -0.939. The van der Waals surface area contributed by atoms with E-state index in [1.807, 2.05) is 30.3 Å². The lowest BCUT2D eigenvalue weighted by atomic mass is 9.80. The van der Waals surface area contributed by atoms with E-state index in [9.17, 15) is 14.4 Å². The molecule has 1 aliphatic rings. The fourth-order valence-electron chi connectivity index (χ4n) is 2.93. The molecule has 2 aromatic carbocycles. The fourth-order valence-corrected chi connectivity index (χ4v) is 2.93. The zero-order chi connectivity index (χ0) is 21.5. The van der Waals surface area contributed by atoms with E-state index in [0.717, 1.165) is 10.5 Å². The number of nitrogens with one attached hydrogen (secondary N) is 1. The third-order valence-electron chi connectivity index (χ3n) is 4.57. The number of rotatable bonds is 7. The molecule has 9 nitrogen and oxygen atoms in total. The molecular formula is C20H21BN2O7. The van der Waals surface area contributed by atoms with E-state index in [4.69, 9.17) is 19.5 Å². The van der Waals surface area contributed by atoms with Gasteiger partial charge in [-0.1, -0.05) is 42.5 Å². The van der Waals surface area contributed by atoms with Crippen LogP contribution >= 0.6 is 0 Å². The summed E-state index contributed by atoms with van der Waals surface area (Å²) in [7, 11) is -1.59. The Kier molecular flexibility index (Phi) is 7.05. The van der Waals surface area contributed by atoms with Crippen molar-refractivity contribution in [3.63, 3.8) is 0 Å². The number of benzene rings is 2. The van der Waals surface area contributed by atoms with Gasteiger partial charge in [0.25, 0.3) is 0 Å². The third-order valence-corrected chi connectivity index (χ3v) is 4.57. The second-order valence-electron chi connectivity index (χ2n) is 6.70. The van der Waals surface area contributed by atoms with Crippen LogP contribution in [0.15, 0.2) is 54.6 Å². The van der Waals surface area contributed by atoms with Gasteiger partial charge in [-0.15, -0.1) is 0 Å². The molecule has 0 unspecified atom stereocenters. The quantitative estimate of drug-likeness (QED) is 0.449. The third kappa shape index (κ3) is 5.59. The van der Waals surface area contributed by atoms with Crippen molar-refractivity contribution in [2.45, 2.75) is 25.5 Å². The van der Waals surface area contributed by atoms with Crippen LogP contribution in [-0.4, -0.2) is 52.8 Å². The van der Waals surface area contributed by atoms with E-state index in [-0.39, 0.29) is 32.1 Å². The summed E-state index contributed by atoms with van der Waals surface area (Å²) in [6.45, 7) is -0.153. The zero-order valence-corrected chi connectivity index (χ0v) is 16.1. The molecule has 1 fully saturated rings. The minimum absolute atomic E-state index is 0.0212. The van der Waals surface area contributed by atoms with E-state index < -0.39 is 25.2 Å². The summed E-state index contributed by atoms with van der Waals surface area (Å²) in [6.07, 6.45) is -0.626. The van der Waals surface area contributed by atoms with Crippen molar-refractivity contribution in [2.24, 2.45) is 0 Å². The maximum absolute atomic E-state index is 12.3. The SMILES string of the molecule is O=C(CC[C@H]1C(=O)OCN1C(=O)OCc1ccccc1)Nc1ccc(B(O)O)cc1. The molecule has 156 valence electrons. The maximum Gasteiger partial charge on any atom is 0.488 e. The van der Waals surface area contributed by atoms with Crippen molar-refractivity contribution in [3.05, 3.63) is 60.2 Å². The average Bonchev–Trinajstić information content (AvgIpc) is 3.12. The summed E-state index contributed by atoms with van der Waals surface area (Å²) in [5, 5.41) is 20.8. The summed E-state index contributed by atoms with van der Waals surface area (Å²) in [5.41, 5.74) is 1.58. The van der Waals surface area contributed by atoms with Crippen molar-refractivity contribution in [2.75, 3.05) is 12.0 Å². The molecule has 0 spiro atoms. The lowest BCUT2D eigenvalue weighted by Crippen LogP contribution is -2.39. The highest BCUT2D eigenvalue weighted by molar-refractivity contribution is 6.58. The Bertz CT molecular complexity index is 890. The molecule has 0 aliphatic carbocycles. The van der Waals surface area contributed by atoms with Gasteiger partial charge in [0.2, 0.25) is 5.91 Å². The van der Waals surface area contributed by atoms with Gasteiger partial charge in [-0.25, -0.2) is 9.59 Å². The Balaban J connectivity index is 1.50. The predicted octanol–water partition coefficient (Wildman–Crippen LogP) is 0.607.